The Bertz CT molecular complexity index is 365. The van der Waals surface area contributed by atoms with E-state index in [1.165, 1.54) is 0 Å². The third-order valence-electron chi connectivity index (χ3n) is 2.32. The molecule has 2 nitrogen and oxygen atoms in total. The third-order valence-corrected chi connectivity index (χ3v) is 2.32. The highest BCUT2D eigenvalue weighted by atomic mass is 19.1. The zero-order valence-corrected chi connectivity index (χ0v) is 7.06. The molecule has 0 fully saturated rings. The van der Waals surface area contributed by atoms with Crippen LogP contribution in [-0.2, 0) is 0 Å². The van der Waals surface area contributed by atoms with E-state index in [-0.39, 0.29) is 5.92 Å². The van der Waals surface area contributed by atoms with Gasteiger partial charge < -0.3 is 10.4 Å². The summed E-state index contributed by atoms with van der Waals surface area (Å²) in [6.45, 7) is 2.40. The van der Waals surface area contributed by atoms with E-state index in [1.807, 2.05) is 6.92 Å². The van der Waals surface area contributed by atoms with Gasteiger partial charge in [-0.15, -0.1) is 0 Å². The molecule has 0 saturated carbocycles. The Labute approximate surface area is 74.2 Å². The van der Waals surface area contributed by atoms with Gasteiger partial charge in [-0.3, -0.25) is 0 Å². The van der Waals surface area contributed by atoms with E-state index in [0.717, 1.165) is 6.07 Å². The maximum atomic E-state index is 13.3. The predicted molar refractivity (Wildman–Crippen MR) is 44.9 cm³/mol. The van der Waals surface area contributed by atoms with Gasteiger partial charge in [0.2, 0.25) is 0 Å². The topological polar surface area (TPSA) is 32.3 Å². The van der Waals surface area contributed by atoms with Gasteiger partial charge in [0.25, 0.3) is 0 Å². The van der Waals surface area contributed by atoms with E-state index in [0.29, 0.717) is 17.8 Å². The lowest BCUT2D eigenvalue weighted by atomic mass is 10.0. The zero-order valence-electron chi connectivity index (χ0n) is 7.06. The van der Waals surface area contributed by atoms with Crippen LogP contribution in [0.4, 0.5) is 14.5 Å². The second-order valence-corrected chi connectivity index (χ2v) is 3.26. The molecule has 1 aliphatic heterocycles. The minimum Gasteiger partial charge on any atom is -0.503 e. The molecule has 1 aromatic carbocycles. The number of anilines is 1. The fourth-order valence-electron chi connectivity index (χ4n) is 1.62. The molecule has 1 heterocycles. The summed E-state index contributed by atoms with van der Waals surface area (Å²) < 4.78 is 26.1. The van der Waals surface area contributed by atoms with Crippen LogP contribution in [0.5, 0.6) is 5.75 Å². The number of nitrogens with one attached hydrogen (secondary N) is 1. The fraction of sp³-hybridized carbons (Fsp3) is 0.333. The molecule has 4 heteroatoms. The number of fused-ring (bicyclic) bond motifs is 1. The summed E-state index contributed by atoms with van der Waals surface area (Å²) in [6.07, 6.45) is 0. The maximum Gasteiger partial charge on any atom is 0.188 e. The molecular formula is C9H9F2NO. The summed E-state index contributed by atoms with van der Waals surface area (Å²) >= 11 is 0. The van der Waals surface area contributed by atoms with Crippen molar-refractivity contribution in [2.24, 2.45) is 0 Å². The number of hydrogen-bond donors (Lipinski definition) is 2. The number of phenolic OH excluding ortho intramolecular Hbond substituents is 1. The van der Waals surface area contributed by atoms with Crippen LogP contribution in [0.2, 0.25) is 0 Å². The average Bonchev–Trinajstić information content (AvgIpc) is 2.43. The van der Waals surface area contributed by atoms with Crippen LogP contribution in [0.3, 0.4) is 0 Å². The number of aromatic hydroxyl groups is 1. The highest BCUT2D eigenvalue weighted by Gasteiger charge is 2.26. The van der Waals surface area contributed by atoms with Crippen molar-refractivity contribution in [3.63, 3.8) is 0 Å². The Balaban J connectivity index is 2.68. The van der Waals surface area contributed by atoms with Gasteiger partial charge in [0.1, 0.15) is 0 Å². The number of hydrogen-bond acceptors (Lipinski definition) is 2. The molecule has 0 aliphatic carbocycles. The lowest BCUT2D eigenvalue weighted by Crippen LogP contribution is -1.97. The van der Waals surface area contributed by atoms with E-state index >= 15 is 0 Å². The molecule has 0 aromatic heterocycles. The maximum absolute atomic E-state index is 13.3. The van der Waals surface area contributed by atoms with Gasteiger partial charge in [0, 0.05) is 29.8 Å². The first-order valence-electron chi connectivity index (χ1n) is 4.06. The molecule has 1 unspecified atom stereocenters. The lowest BCUT2D eigenvalue weighted by Gasteiger charge is -2.06. The van der Waals surface area contributed by atoms with Crippen LogP contribution in [0.1, 0.15) is 18.4 Å². The van der Waals surface area contributed by atoms with Crippen LogP contribution in [0, 0.1) is 11.6 Å². The fourth-order valence-corrected chi connectivity index (χ4v) is 1.62. The van der Waals surface area contributed by atoms with E-state index in [4.69, 9.17) is 5.11 Å². The number of halogens is 2. The summed E-state index contributed by atoms with van der Waals surface area (Å²) in [5.74, 6) is -2.67. The minimum atomic E-state index is -0.919. The first-order chi connectivity index (χ1) is 6.11. The molecule has 70 valence electrons. The summed E-state index contributed by atoms with van der Waals surface area (Å²) in [7, 11) is 0. The molecule has 1 aromatic rings. The normalized spacial score (nSPS) is 19.8. The SMILES string of the molecule is CC1CNc2cc(F)c(O)c(F)c21. The second kappa shape index (κ2) is 2.58. The van der Waals surface area contributed by atoms with Crippen molar-refractivity contribution in [3.8, 4) is 5.75 Å². The molecule has 1 aliphatic rings. The van der Waals surface area contributed by atoms with Crippen molar-refractivity contribution in [1.29, 1.82) is 0 Å². The van der Waals surface area contributed by atoms with Crippen LogP contribution in [0.15, 0.2) is 6.07 Å². The Morgan fingerprint density at radius 3 is 2.92 bits per heavy atom. The summed E-state index contributed by atoms with van der Waals surface area (Å²) in [5.41, 5.74) is 0.819. The molecule has 2 rings (SSSR count). The van der Waals surface area contributed by atoms with Crippen LogP contribution < -0.4 is 5.32 Å². The molecule has 13 heavy (non-hydrogen) atoms. The smallest absolute Gasteiger partial charge is 0.188 e. The van der Waals surface area contributed by atoms with Gasteiger partial charge in [-0.25, -0.2) is 8.78 Å². The molecule has 0 spiro atoms. The lowest BCUT2D eigenvalue weighted by molar-refractivity contribution is 0.393. The van der Waals surface area contributed by atoms with Crippen LogP contribution in [-0.4, -0.2) is 11.7 Å². The van der Waals surface area contributed by atoms with Gasteiger partial charge in [0.05, 0.1) is 0 Å². The number of rotatable bonds is 0. The first-order valence-corrected chi connectivity index (χ1v) is 4.06. The van der Waals surface area contributed by atoms with Crippen molar-refractivity contribution < 1.29 is 13.9 Å². The average molecular weight is 185 g/mol. The predicted octanol–water partition coefficient (Wildman–Crippen LogP) is 2.20. The second-order valence-electron chi connectivity index (χ2n) is 3.26. The first kappa shape index (κ1) is 8.29. The molecule has 0 saturated heterocycles. The molecule has 0 amide bonds. The van der Waals surface area contributed by atoms with Crippen molar-refractivity contribution in [2.45, 2.75) is 12.8 Å². The number of benzene rings is 1. The summed E-state index contributed by atoms with van der Waals surface area (Å²) in [5, 5.41) is 11.9. The Morgan fingerprint density at radius 2 is 2.23 bits per heavy atom. The summed E-state index contributed by atoms with van der Waals surface area (Å²) in [4.78, 5) is 0. The highest BCUT2D eigenvalue weighted by Crippen LogP contribution is 2.38. The van der Waals surface area contributed by atoms with E-state index < -0.39 is 17.4 Å². The highest BCUT2D eigenvalue weighted by molar-refractivity contribution is 5.61. The van der Waals surface area contributed by atoms with E-state index in [2.05, 4.69) is 5.32 Å². The molecule has 0 bridgehead atoms. The van der Waals surface area contributed by atoms with Crippen molar-refractivity contribution in [3.05, 3.63) is 23.3 Å². The van der Waals surface area contributed by atoms with Crippen LogP contribution >= 0.6 is 0 Å². The van der Waals surface area contributed by atoms with Crippen molar-refractivity contribution in [1.82, 2.24) is 0 Å². The van der Waals surface area contributed by atoms with Crippen molar-refractivity contribution >= 4 is 5.69 Å². The molecule has 1 atom stereocenters. The number of phenols is 1. The zero-order chi connectivity index (χ0) is 9.59. The minimum absolute atomic E-state index is 0.0264. The molecular weight excluding hydrogens is 176 g/mol. The van der Waals surface area contributed by atoms with E-state index in [1.54, 1.807) is 0 Å². The Morgan fingerprint density at radius 1 is 1.54 bits per heavy atom. The summed E-state index contributed by atoms with van der Waals surface area (Å²) in [6, 6.07) is 1.12. The van der Waals surface area contributed by atoms with Gasteiger partial charge in [0.15, 0.2) is 17.4 Å². The van der Waals surface area contributed by atoms with Crippen molar-refractivity contribution in [2.75, 3.05) is 11.9 Å². The quantitative estimate of drug-likeness (QED) is 0.607. The Kier molecular flexibility index (Phi) is 1.65. The largest absolute Gasteiger partial charge is 0.503 e. The van der Waals surface area contributed by atoms with Gasteiger partial charge in [-0.1, -0.05) is 6.92 Å². The molecule has 0 radical (unpaired) electrons. The van der Waals surface area contributed by atoms with Crippen LogP contribution in [0.25, 0.3) is 0 Å². The third kappa shape index (κ3) is 1.05. The standard InChI is InChI=1S/C9H9F2NO/c1-4-3-12-6-2-5(10)9(13)8(11)7(4)6/h2,4,12-13H,3H2,1H3. The van der Waals surface area contributed by atoms with Gasteiger partial charge >= 0.3 is 0 Å². The Hall–Kier alpha value is -1.32. The monoisotopic (exact) mass is 185 g/mol. The van der Waals surface area contributed by atoms with Gasteiger partial charge in [-0.05, 0) is 0 Å². The van der Waals surface area contributed by atoms with Gasteiger partial charge in [-0.2, -0.15) is 0 Å². The molecule has 2 N–H and O–H groups in total. The van der Waals surface area contributed by atoms with E-state index in [9.17, 15) is 8.78 Å².